The zero-order valence-corrected chi connectivity index (χ0v) is 20.2. The number of ether oxygens (including phenoxy) is 1. The first-order valence-electron chi connectivity index (χ1n) is 10.2. The number of esters is 1. The molecule has 0 saturated carbocycles. The fourth-order valence-electron chi connectivity index (χ4n) is 2.93. The molecule has 0 aliphatic rings. The van der Waals surface area contributed by atoms with E-state index in [4.69, 9.17) is 4.74 Å². The Labute approximate surface area is 187 Å². The van der Waals surface area contributed by atoms with E-state index >= 15 is 0 Å². The molecule has 1 aromatic heterocycles. The molecule has 10 heteroatoms. The molecule has 0 atom stereocenters. The van der Waals surface area contributed by atoms with Gasteiger partial charge in [0.1, 0.15) is 4.88 Å². The number of amides is 1. The van der Waals surface area contributed by atoms with E-state index in [-0.39, 0.29) is 17.1 Å². The molecular weight excluding hydrogens is 438 g/mol. The maximum atomic E-state index is 12.9. The zero-order valence-electron chi connectivity index (χ0n) is 18.5. The van der Waals surface area contributed by atoms with E-state index in [2.05, 4.69) is 4.99 Å². The highest BCUT2D eigenvalue weighted by Gasteiger charge is 2.23. The zero-order chi connectivity index (χ0) is 23.2. The van der Waals surface area contributed by atoms with Gasteiger partial charge in [-0.25, -0.2) is 13.2 Å². The fourth-order valence-corrected chi connectivity index (χ4v) is 5.57. The van der Waals surface area contributed by atoms with E-state index in [9.17, 15) is 18.0 Å². The average Bonchev–Trinajstić information content (AvgIpc) is 3.02. The van der Waals surface area contributed by atoms with Gasteiger partial charge in [0.25, 0.3) is 5.91 Å². The number of nitrogens with zero attached hydrogens (tertiary/aromatic N) is 3. The number of hydrogen-bond donors (Lipinski definition) is 0. The van der Waals surface area contributed by atoms with Crippen molar-refractivity contribution in [3.63, 3.8) is 0 Å². The molecular formula is C21H29N3O5S2. The van der Waals surface area contributed by atoms with Gasteiger partial charge >= 0.3 is 5.97 Å². The summed E-state index contributed by atoms with van der Waals surface area (Å²) >= 11 is 1.08. The Morgan fingerprint density at radius 1 is 1.10 bits per heavy atom. The molecule has 0 spiro atoms. The van der Waals surface area contributed by atoms with Crippen molar-refractivity contribution in [2.45, 2.75) is 45.4 Å². The third kappa shape index (κ3) is 5.69. The van der Waals surface area contributed by atoms with E-state index in [1.165, 1.54) is 28.6 Å². The second-order valence-corrected chi connectivity index (χ2v) is 9.84. The quantitative estimate of drug-likeness (QED) is 0.528. The Balaban J connectivity index is 2.33. The van der Waals surface area contributed by atoms with E-state index in [0.717, 1.165) is 24.2 Å². The van der Waals surface area contributed by atoms with Crippen LogP contribution in [0.4, 0.5) is 0 Å². The Kier molecular flexibility index (Phi) is 8.72. The van der Waals surface area contributed by atoms with Gasteiger partial charge in [-0.3, -0.25) is 4.79 Å². The van der Waals surface area contributed by atoms with Gasteiger partial charge in [0, 0.05) is 31.4 Å². The molecule has 0 unspecified atom stereocenters. The number of rotatable bonds is 9. The van der Waals surface area contributed by atoms with E-state index < -0.39 is 21.9 Å². The van der Waals surface area contributed by atoms with Crippen molar-refractivity contribution in [1.82, 2.24) is 8.87 Å². The molecule has 2 rings (SSSR count). The summed E-state index contributed by atoms with van der Waals surface area (Å²) in [5.74, 6) is -0.969. The first-order valence-corrected chi connectivity index (χ1v) is 12.5. The lowest BCUT2D eigenvalue weighted by Crippen LogP contribution is -2.32. The second kappa shape index (κ2) is 10.8. The summed E-state index contributed by atoms with van der Waals surface area (Å²) in [4.78, 5) is 29.7. The highest BCUT2D eigenvalue weighted by atomic mass is 32.2. The van der Waals surface area contributed by atoms with Gasteiger partial charge < -0.3 is 9.30 Å². The second-order valence-electron chi connectivity index (χ2n) is 6.92. The molecule has 8 nitrogen and oxygen atoms in total. The highest BCUT2D eigenvalue weighted by Crippen LogP contribution is 2.18. The van der Waals surface area contributed by atoms with E-state index in [1.807, 2.05) is 13.8 Å². The number of thiazole rings is 1. The highest BCUT2D eigenvalue weighted by molar-refractivity contribution is 7.89. The lowest BCUT2D eigenvalue weighted by atomic mass is 10.2. The summed E-state index contributed by atoms with van der Waals surface area (Å²) in [5.41, 5.74) is 0.920. The lowest BCUT2D eigenvalue weighted by Gasteiger charge is -2.21. The third-order valence-electron chi connectivity index (χ3n) is 4.66. The molecule has 0 aliphatic carbocycles. The average molecular weight is 468 g/mol. The first-order chi connectivity index (χ1) is 14.7. The maximum Gasteiger partial charge on any atom is 0.350 e. The van der Waals surface area contributed by atoms with Crippen LogP contribution in [0.5, 0.6) is 0 Å². The van der Waals surface area contributed by atoms with Gasteiger partial charge in [0.05, 0.1) is 11.5 Å². The first kappa shape index (κ1) is 25.0. The molecule has 1 aromatic carbocycles. The summed E-state index contributed by atoms with van der Waals surface area (Å²) in [5, 5.41) is 0. The van der Waals surface area contributed by atoms with Crippen LogP contribution in [0.25, 0.3) is 0 Å². The van der Waals surface area contributed by atoms with E-state index in [1.54, 1.807) is 25.5 Å². The van der Waals surface area contributed by atoms with Crippen molar-refractivity contribution >= 4 is 33.2 Å². The number of hydrogen-bond acceptors (Lipinski definition) is 6. The molecule has 0 saturated heterocycles. The summed E-state index contributed by atoms with van der Waals surface area (Å²) in [6.07, 6.45) is 1.44. The lowest BCUT2D eigenvalue weighted by molar-refractivity contribution is 0.0530. The number of aromatic nitrogens is 1. The molecule has 1 amide bonds. The van der Waals surface area contributed by atoms with Gasteiger partial charge in [-0.15, -0.1) is 0 Å². The van der Waals surface area contributed by atoms with Crippen molar-refractivity contribution in [3.8, 4) is 0 Å². The number of carbonyl (C=O) groups excluding carboxylic acids is 2. The van der Waals surface area contributed by atoms with Crippen LogP contribution in [-0.4, -0.2) is 48.9 Å². The minimum absolute atomic E-state index is 0.146. The summed E-state index contributed by atoms with van der Waals surface area (Å²) in [6.45, 7) is 8.50. The Bertz CT molecular complexity index is 1090. The molecule has 0 N–H and O–H groups in total. The maximum absolute atomic E-state index is 12.9. The van der Waals surface area contributed by atoms with Crippen LogP contribution in [0.1, 0.15) is 59.3 Å². The molecule has 31 heavy (non-hydrogen) atoms. The van der Waals surface area contributed by atoms with Crippen molar-refractivity contribution in [2.24, 2.45) is 12.0 Å². The minimum Gasteiger partial charge on any atom is -0.462 e. The largest absolute Gasteiger partial charge is 0.462 e. The molecule has 0 fully saturated rings. The Hall–Kier alpha value is -2.30. The number of benzene rings is 1. The van der Waals surface area contributed by atoms with Crippen molar-refractivity contribution < 1.29 is 22.7 Å². The van der Waals surface area contributed by atoms with E-state index in [0.29, 0.717) is 28.5 Å². The van der Waals surface area contributed by atoms with Crippen molar-refractivity contribution in [1.29, 1.82) is 0 Å². The van der Waals surface area contributed by atoms with Crippen LogP contribution in [-0.2, 0) is 21.8 Å². The summed E-state index contributed by atoms with van der Waals surface area (Å²) < 4.78 is 33.9. The minimum atomic E-state index is -3.61. The topological polar surface area (TPSA) is 98.0 Å². The number of sulfonamides is 1. The number of carbonyl (C=O) groups is 2. The summed E-state index contributed by atoms with van der Waals surface area (Å²) in [7, 11) is -1.90. The van der Waals surface area contributed by atoms with Crippen LogP contribution < -0.4 is 4.80 Å². The molecule has 0 aliphatic heterocycles. The van der Waals surface area contributed by atoms with Gasteiger partial charge in [0.15, 0.2) is 4.80 Å². The van der Waals surface area contributed by atoms with Crippen LogP contribution >= 0.6 is 11.3 Å². The monoisotopic (exact) mass is 467 g/mol. The molecule has 170 valence electrons. The normalized spacial score (nSPS) is 12.4. The van der Waals surface area contributed by atoms with Crippen molar-refractivity contribution in [3.05, 3.63) is 45.2 Å². The third-order valence-corrected chi connectivity index (χ3v) is 7.78. The van der Waals surface area contributed by atoms with Crippen LogP contribution in [0.3, 0.4) is 0 Å². The standard InChI is InChI=1S/C21H29N3O5S2/c1-6-13-24(14-7-2)31(27,28)17-11-9-16(10-12-17)19(25)22-21-23(5)15(4)18(30-21)20(26)29-8-3/h9-12H,6-8,13-14H2,1-5H3. The molecule has 0 radical (unpaired) electrons. The predicted molar refractivity (Wildman–Crippen MR) is 120 cm³/mol. The Morgan fingerprint density at radius 3 is 2.19 bits per heavy atom. The SMILES string of the molecule is CCCN(CCC)S(=O)(=O)c1ccc(C(=O)N=c2sc(C(=O)OCC)c(C)n2C)cc1. The molecule has 1 heterocycles. The Morgan fingerprint density at radius 2 is 1.68 bits per heavy atom. The van der Waals surface area contributed by atoms with Crippen LogP contribution in [0.2, 0.25) is 0 Å². The fraction of sp³-hybridized carbons (Fsp3) is 0.476. The smallest absolute Gasteiger partial charge is 0.350 e. The van der Waals surface area contributed by atoms with Gasteiger partial charge in [0.2, 0.25) is 10.0 Å². The molecule has 0 bridgehead atoms. The van der Waals surface area contributed by atoms with Crippen LogP contribution in [0.15, 0.2) is 34.2 Å². The van der Waals surface area contributed by atoms with Gasteiger partial charge in [-0.05, 0) is 51.0 Å². The van der Waals surface area contributed by atoms with Crippen molar-refractivity contribution in [2.75, 3.05) is 19.7 Å². The summed E-state index contributed by atoms with van der Waals surface area (Å²) in [6, 6.07) is 5.78. The molecule has 2 aromatic rings. The van der Waals surface area contributed by atoms with Gasteiger partial charge in [-0.2, -0.15) is 9.30 Å². The van der Waals surface area contributed by atoms with Crippen LogP contribution in [0, 0.1) is 6.92 Å². The predicted octanol–water partition coefficient (Wildman–Crippen LogP) is 3.12. The van der Waals surface area contributed by atoms with Gasteiger partial charge in [-0.1, -0.05) is 25.2 Å².